The van der Waals surface area contributed by atoms with Crippen LogP contribution < -0.4 is 10.6 Å². The maximum Gasteiger partial charge on any atom is 0.153 e. The highest BCUT2D eigenvalue weighted by atomic mass is 32.2. The molecular weight excluding hydrogens is 252 g/mol. The molecule has 0 aromatic carbocycles. The van der Waals surface area contributed by atoms with Crippen LogP contribution in [0.2, 0.25) is 0 Å². The number of nitrogens with one attached hydrogen (secondary N) is 2. The molecule has 0 aromatic rings. The summed E-state index contributed by atoms with van der Waals surface area (Å²) in [5.74, 6) is 0.580. The van der Waals surface area contributed by atoms with Crippen molar-refractivity contribution in [3.63, 3.8) is 0 Å². The first-order chi connectivity index (χ1) is 8.66. The van der Waals surface area contributed by atoms with Crippen molar-refractivity contribution >= 4 is 9.84 Å². The molecule has 0 bridgehead atoms. The zero-order valence-electron chi connectivity index (χ0n) is 10.9. The highest BCUT2D eigenvalue weighted by Crippen LogP contribution is 2.14. The second-order valence-electron chi connectivity index (χ2n) is 5.23. The van der Waals surface area contributed by atoms with Crippen molar-refractivity contribution in [1.82, 2.24) is 10.6 Å². The van der Waals surface area contributed by atoms with Gasteiger partial charge < -0.3 is 15.4 Å². The van der Waals surface area contributed by atoms with Gasteiger partial charge in [-0.25, -0.2) is 8.42 Å². The quantitative estimate of drug-likeness (QED) is 0.664. The van der Waals surface area contributed by atoms with Gasteiger partial charge in [0.2, 0.25) is 0 Å². The Morgan fingerprint density at radius 1 is 1.28 bits per heavy atom. The van der Waals surface area contributed by atoms with Gasteiger partial charge >= 0.3 is 0 Å². The van der Waals surface area contributed by atoms with E-state index in [-0.39, 0.29) is 11.8 Å². The lowest BCUT2D eigenvalue weighted by molar-refractivity contribution is 0.104. The number of hydrogen-bond donors (Lipinski definition) is 2. The van der Waals surface area contributed by atoms with Crippen LogP contribution in [0.4, 0.5) is 0 Å². The summed E-state index contributed by atoms with van der Waals surface area (Å²) in [6.07, 6.45) is 4.76. The molecule has 2 fully saturated rings. The second-order valence-corrected chi connectivity index (χ2v) is 7.46. The van der Waals surface area contributed by atoms with Gasteiger partial charge in [-0.15, -0.1) is 0 Å². The Hall–Kier alpha value is -0.170. The molecule has 0 amide bonds. The summed E-state index contributed by atoms with van der Waals surface area (Å²) < 4.78 is 28.4. The molecule has 2 rings (SSSR count). The van der Waals surface area contributed by atoms with Crippen LogP contribution in [0, 0.1) is 0 Å². The minimum absolute atomic E-state index is 0.124. The molecule has 2 atom stereocenters. The lowest BCUT2D eigenvalue weighted by atomic mass is 10.2. The van der Waals surface area contributed by atoms with E-state index in [1.54, 1.807) is 0 Å². The third-order valence-electron chi connectivity index (χ3n) is 3.64. The predicted octanol–water partition coefficient (Wildman–Crippen LogP) is -0.0782. The van der Waals surface area contributed by atoms with Crippen molar-refractivity contribution < 1.29 is 13.2 Å². The van der Waals surface area contributed by atoms with Gasteiger partial charge in [-0.3, -0.25) is 0 Å². The maximum absolute atomic E-state index is 11.4. The van der Waals surface area contributed by atoms with E-state index in [1.165, 1.54) is 12.8 Å². The van der Waals surface area contributed by atoms with E-state index in [2.05, 4.69) is 10.6 Å². The summed E-state index contributed by atoms with van der Waals surface area (Å²) in [7, 11) is -2.80. The van der Waals surface area contributed by atoms with E-state index in [4.69, 9.17) is 4.74 Å². The molecule has 2 heterocycles. The van der Waals surface area contributed by atoms with Crippen molar-refractivity contribution in [3.8, 4) is 0 Å². The average molecular weight is 276 g/mol. The first kappa shape index (κ1) is 14.2. The van der Waals surface area contributed by atoms with Crippen molar-refractivity contribution in [3.05, 3.63) is 0 Å². The van der Waals surface area contributed by atoms with Crippen LogP contribution in [-0.2, 0) is 14.6 Å². The van der Waals surface area contributed by atoms with E-state index in [1.807, 2.05) is 0 Å². The Bertz CT molecular complexity index is 339. The number of rotatable bonds is 6. The molecular formula is C12H24N2O3S. The molecule has 106 valence electrons. The molecule has 2 N–H and O–H groups in total. The molecule has 0 aromatic heterocycles. The summed E-state index contributed by atoms with van der Waals surface area (Å²) in [4.78, 5) is 0. The second kappa shape index (κ2) is 6.84. The Morgan fingerprint density at radius 3 is 2.83 bits per heavy atom. The molecule has 6 heteroatoms. The summed E-state index contributed by atoms with van der Waals surface area (Å²) in [6.45, 7) is 3.35. The van der Waals surface area contributed by atoms with Crippen molar-refractivity contribution in [2.45, 2.75) is 37.8 Å². The van der Waals surface area contributed by atoms with Gasteiger partial charge in [0, 0.05) is 19.2 Å². The minimum atomic E-state index is -2.80. The summed E-state index contributed by atoms with van der Waals surface area (Å²) in [5, 5.41) is 6.63. The van der Waals surface area contributed by atoms with Gasteiger partial charge in [0.1, 0.15) is 0 Å². The van der Waals surface area contributed by atoms with E-state index in [0.29, 0.717) is 18.4 Å². The maximum atomic E-state index is 11.4. The van der Waals surface area contributed by atoms with Gasteiger partial charge in [-0.05, 0) is 38.8 Å². The fourth-order valence-corrected chi connectivity index (χ4v) is 4.08. The molecule has 0 saturated carbocycles. The topological polar surface area (TPSA) is 67.4 Å². The molecule has 5 nitrogen and oxygen atoms in total. The smallest absolute Gasteiger partial charge is 0.153 e. The van der Waals surface area contributed by atoms with Gasteiger partial charge in [-0.1, -0.05) is 0 Å². The van der Waals surface area contributed by atoms with Crippen LogP contribution in [0.25, 0.3) is 0 Å². The monoisotopic (exact) mass is 276 g/mol. The normalized spacial score (nSPS) is 31.6. The van der Waals surface area contributed by atoms with Crippen LogP contribution in [0.1, 0.15) is 25.7 Å². The highest BCUT2D eigenvalue weighted by Gasteiger charge is 2.23. The number of hydrogen-bond acceptors (Lipinski definition) is 5. The molecule has 2 unspecified atom stereocenters. The van der Waals surface area contributed by atoms with Gasteiger partial charge in [0.05, 0.1) is 17.6 Å². The van der Waals surface area contributed by atoms with Gasteiger partial charge in [0.25, 0.3) is 0 Å². The van der Waals surface area contributed by atoms with E-state index in [0.717, 1.165) is 32.5 Å². The largest absolute Gasteiger partial charge is 0.378 e. The first-order valence-electron chi connectivity index (χ1n) is 6.92. The Morgan fingerprint density at radius 2 is 2.11 bits per heavy atom. The summed E-state index contributed by atoms with van der Waals surface area (Å²) in [6, 6.07) is 0.124. The van der Waals surface area contributed by atoms with E-state index < -0.39 is 9.84 Å². The van der Waals surface area contributed by atoms with Crippen molar-refractivity contribution in [2.24, 2.45) is 0 Å². The van der Waals surface area contributed by atoms with Gasteiger partial charge in [0.15, 0.2) is 9.84 Å². The molecule has 18 heavy (non-hydrogen) atoms. The molecule has 0 radical (unpaired) electrons. The molecule has 0 spiro atoms. The lowest BCUT2D eigenvalue weighted by Crippen LogP contribution is -2.46. The Balaban J connectivity index is 1.52. The SMILES string of the molecule is O=S1(=O)CCNC(CCNCCC2CCCO2)C1. The molecule has 2 saturated heterocycles. The van der Waals surface area contributed by atoms with Crippen LogP contribution in [0.3, 0.4) is 0 Å². The molecule has 0 aliphatic carbocycles. The number of ether oxygens (including phenoxy) is 1. The third-order valence-corrected chi connectivity index (χ3v) is 5.37. The summed E-state index contributed by atoms with van der Waals surface area (Å²) in [5.41, 5.74) is 0. The Labute approximate surface area is 110 Å². The van der Waals surface area contributed by atoms with Crippen LogP contribution >= 0.6 is 0 Å². The fraction of sp³-hybridized carbons (Fsp3) is 1.00. The molecule has 2 aliphatic heterocycles. The van der Waals surface area contributed by atoms with Crippen molar-refractivity contribution in [2.75, 3.05) is 37.7 Å². The van der Waals surface area contributed by atoms with E-state index >= 15 is 0 Å². The zero-order chi connectivity index (χ0) is 12.8. The predicted molar refractivity (Wildman–Crippen MR) is 71.5 cm³/mol. The summed E-state index contributed by atoms with van der Waals surface area (Å²) >= 11 is 0. The number of sulfone groups is 1. The average Bonchev–Trinajstić information content (AvgIpc) is 2.80. The van der Waals surface area contributed by atoms with Crippen LogP contribution in [-0.4, -0.2) is 58.3 Å². The molecule has 2 aliphatic rings. The Kier molecular flexibility index (Phi) is 5.41. The first-order valence-corrected chi connectivity index (χ1v) is 8.74. The van der Waals surface area contributed by atoms with Crippen molar-refractivity contribution in [1.29, 1.82) is 0 Å². The van der Waals surface area contributed by atoms with Crippen LogP contribution in [0.5, 0.6) is 0 Å². The lowest BCUT2D eigenvalue weighted by Gasteiger charge is -2.23. The minimum Gasteiger partial charge on any atom is -0.378 e. The standard InChI is InChI=1S/C12H24N2O3S/c15-18(16)9-7-14-11(10-18)3-5-13-6-4-12-2-1-8-17-12/h11-14H,1-10H2. The van der Waals surface area contributed by atoms with E-state index in [9.17, 15) is 8.42 Å². The highest BCUT2D eigenvalue weighted by molar-refractivity contribution is 7.91. The zero-order valence-corrected chi connectivity index (χ0v) is 11.7. The van der Waals surface area contributed by atoms with Gasteiger partial charge in [-0.2, -0.15) is 0 Å². The third kappa shape index (κ3) is 4.84. The fourth-order valence-electron chi connectivity index (χ4n) is 2.59. The van der Waals surface area contributed by atoms with Crippen LogP contribution in [0.15, 0.2) is 0 Å².